The maximum Gasteiger partial charge on any atom is 0.250 e. The predicted octanol–water partition coefficient (Wildman–Crippen LogP) is 4.73. The third-order valence-corrected chi connectivity index (χ3v) is 6.83. The highest BCUT2D eigenvalue weighted by Gasteiger charge is 2.09. The van der Waals surface area contributed by atoms with E-state index < -0.39 is 0 Å². The predicted molar refractivity (Wildman–Crippen MR) is 114 cm³/mol. The molecule has 0 atom stereocenters. The Morgan fingerprint density at radius 3 is 2.56 bits per heavy atom. The van der Waals surface area contributed by atoms with E-state index in [1.54, 1.807) is 18.0 Å². The maximum atomic E-state index is 11.9. The first kappa shape index (κ1) is 19.9. The summed E-state index contributed by atoms with van der Waals surface area (Å²) < 4.78 is 1.60. The Bertz CT molecular complexity index is 918. The Morgan fingerprint density at radius 1 is 1.07 bits per heavy atom. The summed E-state index contributed by atoms with van der Waals surface area (Å²) in [5, 5.41) is 12.9. The molecule has 9 heteroatoms. The molecular weight excluding hydrogens is 420 g/mol. The summed E-state index contributed by atoms with van der Waals surface area (Å²) in [6.45, 7) is 0. The number of carbonyl (C=O) groups excluding carboxylic acids is 1. The van der Waals surface area contributed by atoms with Crippen LogP contribution in [0.25, 0.3) is 0 Å². The van der Waals surface area contributed by atoms with Gasteiger partial charge in [-0.25, -0.2) is 5.43 Å². The fourth-order valence-electron chi connectivity index (χ4n) is 1.95. The summed E-state index contributed by atoms with van der Waals surface area (Å²) in [5.74, 6) is 0.775. The number of nitrogens with zero attached hydrogens (tertiary/aromatic N) is 3. The third kappa shape index (κ3) is 6.66. The summed E-state index contributed by atoms with van der Waals surface area (Å²) in [4.78, 5) is 11.9. The van der Waals surface area contributed by atoms with Gasteiger partial charge in [0.1, 0.15) is 0 Å². The molecule has 0 saturated carbocycles. The summed E-state index contributed by atoms with van der Waals surface area (Å²) in [7, 11) is 0. The van der Waals surface area contributed by atoms with Gasteiger partial charge < -0.3 is 0 Å². The van der Waals surface area contributed by atoms with Crippen molar-refractivity contribution in [1.82, 2.24) is 15.6 Å². The molecule has 0 bridgehead atoms. The van der Waals surface area contributed by atoms with Crippen molar-refractivity contribution < 1.29 is 4.79 Å². The van der Waals surface area contributed by atoms with Crippen molar-refractivity contribution in [2.75, 3.05) is 5.75 Å². The normalized spacial score (nSPS) is 11.0. The number of halogens is 1. The minimum atomic E-state index is -0.187. The minimum absolute atomic E-state index is 0.187. The Hall–Kier alpha value is -1.87. The molecule has 5 nitrogen and oxygen atoms in total. The van der Waals surface area contributed by atoms with E-state index in [-0.39, 0.29) is 11.7 Å². The quantitative estimate of drug-likeness (QED) is 0.315. The fraction of sp³-hybridized carbons (Fsp3) is 0.111. The first-order valence-electron chi connectivity index (χ1n) is 7.90. The van der Waals surface area contributed by atoms with Crippen LogP contribution in [0.15, 0.2) is 68.4 Å². The van der Waals surface area contributed by atoms with Crippen molar-refractivity contribution in [1.29, 1.82) is 0 Å². The highest BCUT2D eigenvalue weighted by molar-refractivity contribution is 8.03. The van der Waals surface area contributed by atoms with Crippen LogP contribution < -0.4 is 5.43 Å². The Labute approximate surface area is 174 Å². The molecule has 1 N–H and O–H groups in total. The average Bonchev–Trinajstić information content (AvgIpc) is 3.14. The van der Waals surface area contributed by atoms with Gasteiger partial charge in [0.15, 0.2) is 8.68 Å². The number of hydrazone groups is 1. The summed E-state index contributed by atoms with van der Waals surface area (Å²) in [6.07, 6.45) is 1.61. The topological polar surface area (TPSA) is 67.2 Å². The number of nitrogens with one attached hydrogen (secondary N) is 1. The minimum Gasteiger partial charge on any atom is -0.272 e. The smallest absolute Gasteiger partial charge is 0.250 e. The lowest BCUT2D eigenvalue weighted by molar-refractivity contribution is -0.118. The second-order valence-corrected chi connectivity index (χ2v) is 9.04. The zero-order valence-corrected chi connectivity index (χ0v) is 17.2. The van der Waals surface area contributed by atoms with Gasteiger partial charge >= 0.3 is 0 Å². The molecular formula is C18H15ClN4OS3. The number of amides is 1. The Kier molecular flexibility index (Phi) is 7.70. The third-order valence-electron chi connectivity index (χ3n) is 3.23. The number of carbonyl (C=O) groups is 1. The van der Waals surface area contributed by atoms with Crippen LogP contribution in [0.2, 0.25) is 5.02 Å². The number of benzene rings is 2. The molecule has 0 spiro atoms. The van der Waals surface area contributed by atoms with Gasteiger partial charge in [0.05, 0.1) is 12.0 Å². The molecule has 27 heavy (non-hydrogen) atoms. The van der Waals surface area contributed by atoms with Gasteiger partial charge in [0, 0.05) is 10.8 Å². The lowest BCUT2D eigenvalue weighted by Crippen LogP contribution is -2.19. The van der Waals surface area contributed by atoms with E-state index in [0.29, 0.717) is 0 Å². The Balaban J connectivity index is 1.42. The van der Waals surface area contributed by atoms with Crippen molar-refractivity contribution in [3.8, 4) is 0 Å². The highest BCUT2D eigenvalue weighted by atomic mass is 35.5. The van der Waals surface area contributed by atoms with Gasteiger partial charge in [-0.3, -0.25) is 4.79 Å². The molecule has 0 aliphatic rings. The van der Waals surface area contributed by atoms with Crippen LogP contribution in [-0.4, -0.2) is 28.1 Å². The van der Waals surface area contributed by atoms with Gasteiger partial charge in [-0.2, -0.15) is 5.10 Å². The van der Waals surface area contributed by atoms with E-state index in [1.165, 1.54) is 23.1 Å². The van der Waals surface area contributed by atoms with Crippen LogP contribution in [0.3, 0.4) is 0 Å². The average molecular weight is 435 g/mol. The van der Waals surface area contributed by atoms with E-state index in [0.717, 1.165) is 30.6 Å². The van der Waals surface area contributed by atoms with E-state index >= 15 is 0 Å². The molecule has 0 saturated heterocycles. The molecule has 1 amide bonds. The number of aromatic nitrogens is 2. The van der Waals surface area contributed by atoms with Gasteiger partial charge in [-0.15, -0.1) is 10.2 Å². The van der Waals surface area contributed by atoms with E-state index in [4.69, 9.17) is 11.6 Å². The summed E-state index contributed by atoms with van der Waals surface area (Å²) in [5.41, 5.74) is 4.49. The van der Waals surface area contributed by atoms with Crippen LogP contribution in [0, 0.1) is 0 Å². The molecule has 2 aromatic carbocycles. The van der Waals surface area contributed by atoms with Crippen LogP contribution in [0.1, 0.15) is 11.1 Å². The van der Waals surface area contributed by atoms with Crippen LogP contribution >= 0.6 is 46.5 Å². The molecule has 1 heterocycles. The number of thioether (sulfide) groups is 2. The van der Waals surface area contributed by atoms with Crippen molar-refractivity contribution in [3.63, 3.8) is 0 Å². The lowest BCUT2D eigenvalue weighted by atomic mass is 10.2. The molecule has 0 unspecified atom stereocenters. The maximum absolute atomic E-state index is 11.9. The van der Waals surface area contributed by atoms with E-state index in [2.05, 4.69) is 20.7 Å². The van der Waals surface area contributed by atoms with Crippen molar-refractivity contribution in [2.45, 2.75) is 14.4 Å². The summed E-state index contributed by atoms with van der Waals surface area (Å²) in [6, 6.07) is 17.3. The number of rotatable bonds is 8. The first-order chi connectivity index (χ1) is 13.2. The van der Waals surface area contributed by atoms with Gasteiger partial charge in [-0.1, -0.05) is 95.0 Å². The monoisotopic (exact) mass is 434 g/mol. The van der Waals surface area contributed by atoms with Gasteiger partial charge in [0.2, 0.25) is 0 Å². The molecule has 3 aromatic rings. The molecule has 0 aliphatic carbocycles. The molecule has 0 fully saturated rings. The van der Waals surface area contributed by atoms with Gasteiger partial charge in [-0.05, 0) is 17.2 Å². The zero-order valence-electron chi connectivity index (χ0n) is 14.0. The molecule has 3 rings (SSSR count). The zero-order chi connectivity index (χ0) is 18.9. The van der Waals surface area contributed by atoms with Gasteiger partial charge in [0.25, 0.3) is 5.91 Å². The van der Waals surface area contributed by atoms with Crippen molar-refractivity contribution in [2.24, 2.45) is 5.10 Å². The SMILES string of the molecule is O=C(CSc1nnc(SCc2ccccc2Cl)s1)NN=Cc1ccccc1. The van der Waals surface area contributed by atoms with E-state index in [9.17, 15) is 4.79 Å². The summed E-state index contributed by atoms with van der Waals surface area (Å²) >= 11 is 10.5. The molecule has 0 radical (unpaired) electrons. The number of hydrogen-bond donors (Lipinski definition) is 1. The fourth-order valence-corrected chi connectivity index (χ4v) is 5.04. The number of hydrogen-bond acceptors (Lipinski definition) is 7. The molecule has 0 aliphatic heterocycles. The second kappa shape index (κ2) is 10.5. The van der Waals surface area contributed by atoms with Crippen LogP contribution in [0.5, 0.6) is 0 Å². The van der Waals surface area contributed by atoms with Crippen molar-refractivity contribution >= 4 is 58.6 Å². The Morgan fingerprint density at radius 2 is 1.78 bits per heavy atom. The van der Waals surface area contributed by atoms with Crippen LogP contribution in [-0.2, 0) is 10.5 Å². The van der Waals surface area contributed by atoms with Crippen molar-refractivity contribution in [3.05, 3.63) is 70.7 Å². The standard InChI is InChI=1S/C18H15ClN4OS3/c19-15-9-5-4-8-14(15)11-25-17-22-23-18(27-17)26-12-16(24)21-20-10-13-6-2-1-3-7-13/h1-10H,11-12H2,(H,21,24). The molecule has 138 valence electrons. The highest BCUT2D eigenvalue weighted by Crippen LogP contribution is 2.32. The molecule has 1 aromatic heterocycles. The van der Waals surface area contributed by atoms with E-state index in [1.807, 2.05) is 54.6 Å². The van der Waals surface area contributed by atoms with Crippen LogP contribution in [0.4, 0.5) is 0 Å². The second-order valence-electron chi connectivity index (χ2n) is 5.21. The first-order valence-corrected chi connectivity index (χ1v) is 11.1. The largest absolute Gasteiger partial charge is 0.272 e. The lowest BCUT2D eigenvalue weighted by Gasteiger charge is -2.00.